The van der Waals surface area contributed by atoms with Crippen LogP contribution >= 0.6 is 11.6 Å². The second-order valence-corrected chi connectivity index (χ2v) is 5.82. The lowest BCUT2D eigenvalue weighted by Crippen LogP contribution is -2.44. The molecular formula is C15H17ClFN3. The molecule has 1 saturated heterocycles. The number of fused-ring (bicyclic) bond motifs is 1. The van der Waals surface area contributed by atoms with Crippen molar-refractivity contribution in [3.63, 3.8) is 0 Å². The Kier molecular flexibility index (Phi) is 3.50. The zero-order valence-electron chi connectivity index (χ0n) is 11.6. The average Bonchev–Trinajstić information content (AvgIpc) is 2.38. The monoisotopic (exact) mass is 293 g/mol. The van der Waals surface area contributed by atoms with E-state index in [9.17, 15) is 4.39 Å². The molecule has 2 atom stereocenters. The zero-order chi connectivity index (χ0) is 14.3. The Labute approximate surface area is 122 Å². The normalized spacial score (nSPS) is 23.3. The number of nitrogens with zero attached hydrogens (tertiary/aromatic N) is 3. The van der Waals surface area contributed by atoms with Gasteiger partial charge in [0.15, 0.2) is 0 Å². The fourth-order valence-corrected chi connectivity index (χ4v) is 3.29. The lowest BCUT2D eigenvalue weighted by molar-refractivity contribution is 0.412. The largest absolute Gasteiger partial charge is 0.350 e. The second kappa shape index (κ2) is 5.17. The van der Waals surface area contributed by atoms with Crippen LogP contribution < -0.4 is 4.90 Å². The Balaban J connectivity index is 2.24. The van der Waals surface area contributed by atoms with Gasteiger partial charge in [-0.1, -0.05) is 6.07 Å². The van der Waals surface area contributed by atoms with Gasteiger partial charge < -0.3 is 4.90 Å². The van der Waals surface area contributed by atoms with E-state index in [0.717, 1.165) is 12.8 Å². The summed E-state index contributed by atoms with van der Waals surface area (Å²) in [6.07, 6.45) is 3.36. The molecule has 0 radical (unpaired) electrons. The molecule has 2 heterocycles. The Morgan fingerprint density at radius 3 is 2.60 bits per heavy atom. The lowest BCUT2D eigenvalue weighted by atomic mass is 9.97. The smallest absolute Gasteiger partial charge is 0.224 e. The first-order valence-electron chi connectivity index (χ1n) is 6.98. The van der Waals surface area contributed by atoms with Crippen molar-refractivity contribution in [1.29, 1.82) is 0 Å². The number of piperidine rings is 1. The summed E-state index contributed by atoms with van der Waals surface area (Å²) in [5.41, 5.74) is 0.560. The van der Waals surface area contributed by atoms with Gasteiger partial charge in [0.05, 0.1) is 10.9 Å². The van der Waals surface area contributed by atoms with Crippen LogP contribution in [0.3, 0.4) is 0 Å². The summed E-state index contributed by atoms with van der Waals surface area (Å²) in [5, 5.41) is 0.639. The van der Waals surface area contributed by atoms with E-state index in [0.29, 0.717) is 28.8 Å². The van der Waals surface area contributed by atoms with Crippen molar-refractivity contribution in [1.82, 2.24) is 9.97 Å². The van der Waals surface area contributed by atoms with Gasteiger partial charge in [0.2, 0.25) is 5.28 Å². The van der Waals surface area contributed by atoms with Crippen molar-refractivity contribution in [2.24, 2.45) is 0 Å². The van der Waals surface area contributed by atoms with Gasteiger partial charge in [0, 0.05) is 12.1 Å². The standard InChI is InChI=1S/C15H17ClFN3/c1-9-5-3-6-10(2)20(9)14-13-11(17)7-4-8-12(13)18-15(16)19-14/h4,7-10H,3,5-6H2,1-2H3/t9-,10+. The highest BCUT2D eigenvalue weighted by molar-refractivity contribution is 6.28. The van der Waals surface area contributed by atoms with Crippen LogP contribution in [0.25, 0.3) is 10.9 Å². The summed E-state index contributed by atoms with van der Waals surface area (Å²) in [5.74, 6) is 0.331. The molecule has 0 N–H and O–H groups in total. The molecule has 1 aliphatic rings. The van der Waals surface area contributed by atoms with E-state index in [1.165, 1.54) is 12.5 Å². The van der Waals surface area contributed by atoms with Crippen LogP contribution in [0.1, 0.15) is 33.1 Å². The summed E-state index contributed by atoms with van der Waals surface area (Å²) in [4.78, 5) is 10.6. The number of aromatic nitrogens is 2. The number of halogens is 2. The number of rotatable bonds is 1. The van der Waals surface area contributed by atoms with Gasteiger partial charge in [0.1, 0.15) is 11.6 Å². The van der Waals surface area contributed by atoms with Crippen molar-refractivity contribution in [2.75, 3.05) is 4.90 Å². The fraction of sp³-hybridized carbons (Fsp3) is 0.467. The topological polar surface area (TPSA) is 29.0 Å². The molecule has 0 amide bonds. The maximum absolute atomic E-state index is 14.2. The molecule has 0 spiro atoms. The van der Waals surface area contributed by atoms with Gasteiger partial charge in [0.25, 0.3) is 0 Å². The van der Waals surface area contributed by atoms with Gasteiger partial charge in [-0.15, -0.1) is 0 Å². The minimum atomic E-state index is -0.292. The van der Waals surface area contributed by atoms with Crippen molar-refractivity contribution < 1.29 is 4.39 Å². The number of hydrogen-bond donors (Lipinski definition) is 0. The lowest BCUT2D eigenvalue weighted by Gasteiger charge is -2.40. The van der Waals surface area contributed by atoms with Gasteiger partial charge in [-0.05, 0) is 56.8 Å². The van der Waals surface area contributed by atoms with E-state index in [1.54, 1.807) is 12.1 Å². The number of anilines is 1. The minimum Gasteiger partial charge on any atom is -0.350 e. The van der Waals surface area contributed by atoms with Crippen LogP contribution in [0.2, 0.25) is 5.28 Å². The fourth-order valence-electron chi connectivity index (χ4n) is 3.12. The third-order valence-corrected chi connectivity index (χ3v) is 4.23. The average molecular weight is 294 g/mol. The summed E-state index contributed by atoms with van der Waals surface area (Å²) < 4.78 is 14.2. The third kappa shape index (κ3) is 2.22. The van der Waals surface area contributed by atoms with Crippen LogP contribution in [0.5, 0.6) is 0 Å². The van der Waals surface area contributed by atoms with Crippen LogP contribution in [-0.2, 0) is 0 Å². The summed E-state index contributed by atoms with van der Waals surface area (Å²) >= 11 is 6.02. The van der Waals surface area contributed by atoms with Crippen LogP contribution in [0, 0.1) is 5.82 Å². The maximum Gasteiger partial charge on any atom is 0.224 e. The first-order valence-corrected chi connectivity index (χ1v) is 7.36. The molecule has 3 rings (SSSR count). The molecule has 5 heteroatoms. The van der Waals surface area contributed by atoms with Gasteiger partial charge in [-0.3, -0.25) is 0 Å². The Hall–Kier alpha value is -1.42. The highest BCUT2D eigenvalue weighted by atomic mass is 35.5. The van der Waals surface area contributed by atoms with E-state index in [2.05, 4.69) is 28.7 Å². The molecule has 0 saturated carbocycles. The SMILES string of the molecule is C[C@@H]1CCC[C@H](C)N1c1nc(Cl)nc2cccc(F)c12. The van der Waals surface area contributed by atoms with E-state index in [4.69, 9.17) is 11.6 Å². The number of benzene rings is 1. The van der Waals surface area contributed by atoms with E-state index < -0.39 is 0 Å². The molecule has 1 aromatic heterocycles. The molecule has 106 valence electrons. The molecule has 0 aliphatic carbocycles. The molecular weight excluding hydrogens is 277 g/mol. The van der Waals surface area contributed by atoms with Crippen molar-refractivity contribution >= 4 is 28.3 Å². The van der Waals surface area contributed by atoms with E-state index in [-0.39, 0.29) is 11.1 Å². The molecule has 1 aromatic carbocycles. The molecule has 20 heavy (non-hydrogen) atoms. The first-order chi connectivity index (χ1) is 9.58. The van der Waals surface area contributed by atoms with Gasteiger partial charge in [-0.25, -0.2) is 9.37 Å². The van der Waals surface area contributed by atoms with Crippen LogP contribution in [0.4, 0.5) is 10.2 Å². The second-order valence-electron chi connectivity index (χ2n) is 5.49. The van der Waals surface area contributed by atoms with E-state index in [1.807, 2.05) is 0 Å². The van der Waals surface area contributed by atoms with Crippen molar-refractivity contribution in [2.45, 2.75) is 45.2 Å². The Bertz CT molecular complexity index is 636. The molecule has 1 fully saturated rings. The molecule has 2 aromatic rings. The quantitative estimate of drug-likeness (QED) is 0.738. The predicted octanol–water partition coefficient (Wildman–Crippen LogP) is 4.19. The summed E-state index contributed by atoms with van der Waals surface area (Å²) in [6.45, 7) is 4.30. The predicted molar refractivity (Wildman–Crippen MR) is 79.8 cm³/mol. The Morgan fingerprint density at radius 2 is 1.90 bits per heavy atom. The molecule has 3 nitrogen and oxygen atoms in total. The first kappa shape index (κ1) is 13.6. The molecule has 1 aliphatic heterocycles. The molecule has 0 unspecified atom stereocenters. The van der Waals surface area contributed by atoms with Gasteiger partial charge >= 0.3 is 0 Å². The molecule has 0 bridgehead atoms. The van der Waals surface area contributed by atoms with Gasteiger partial charge in [-0.2, -0.15) is 4.98 Å². The van der Waals surface area contributed by atoms with Crippen molar-refractivity contribution in [3.05, 3.63) is 29.3 Å². The maximum atomic E-state index is 14.2. The Morgan fingerprint density at radius 1 is 1.20 bits per heavy atom. The summed E-state index contributed by atoms with van der Waals surface area (Å²) in [6, 6.07) is 5.52. The van der Waals surface area contributed by atoms with Crippen LogP contribution in [0.15, 0.2) is 18.2 Å². The third-order valence-electron chi connectivity index (χ3n) is 4.06. The van der Waals surface area contributed by atoms with Crippen LogP contribution in [-0.4, -0.2) is 22.1 Å². The highest BCUT2D eigenvalue weighted by Crippen LogP contribution is 2.34. The minimum absolute atomic E-state index is 0.170. The highest BCUT2D eigenvalue weighted by Gasteiger charge is 2.28. The zero-order valence-corrected chi connectivity index (χ0v) is 12.4. The summed E-state index contributed by atoms with van der Waals surface area (Å²) in [7, 11) is 0. The van der Waals surface area contributed by atoms with E-state index >= 15 is 0 Å². The number of hydrogen-bond acceptors (Lipinski definition) is 3. The van der Waals surface area contributed by atoms with Crippen molar-refractivity contribution in [3.8, 4) is 0 Å².